The Bertz CT molecular complexity index is 492. The topological polar surface area (TPSA) is 58.4 Å². The minimum atomic E-state index is -0.0327. The van der Waals surface area contributed by atoms with Crippen molar-refractivity contribution < 1.29 is 4.79 Å². The molecule has 1 amide bonds. The molecular weight excluding hydrogens is 274 g/mol. The van der Waals surface area contributed by atoms with Crippen molar-refractivity contribution in [2.45, 2.75) is 19.8 Å². The lowest BCUT2D eigenvalue weighted by Crippen LogP contribution is -2.26. The summed E-state index contributed by atoms with van der Waals surface area (Å²) in [6.07, 6.45) is 1.78. The lowest BCUT2D eigenvalue weighted by Gasteiger charge is -2.16. The van der Waals surface area contributed by atoms with Crippen molar-refractivity contribution in [1.29, 1.82) is 0 Å². The van der Waals surface area contributed by atoms with Crippen LogP contribution in [0, 0.1) is 11.8 Å². The SMILES string of the molecule is CC1CC1CN(C)CCC(=O)Nc1cc(Cl)ccc1N. The van der Waals surface area contributed by atoms with Crippen LogP contribution in [-0.2, 0) is 4.79 Å². The highest BCUT2D eigenvalue weighted by Gasteiger charge is 2.32. The number of nitrogens with zero attached hydrogens (tertiary/aromatic N) is 1. The molecule has 0 spiro atoms. The second-order valence-electron chi connectivity index (χ2n) is 5.77. The average Bonchev–Trinajstić information content (AvgIpc) is 3.07. The Morgan fingerprint density at radius 2 is 2.25 bits per heavy atom. The van der Waals surface area contributed by atoms with Gasteiger partial charge in [-0.1, -0.05) is 18.5 Å². The Labute approximate surface area is 125 Å². The number of nitrogens with two attached hydrogens (primary N) is 1. The predicted molar refractivity (Wildman–Crippen MR) is 83.9 cm³/mol. The number of nitrogens with one attached hydrogen (secondary N) is 1. The monoisotopic (exact) mass is 295 g/mol. The van der Waals surface area contributed by atoms with Crippen molar-refractivity contribution in [3.05, 3.63) is 23.2 Å². The second-order valence-corrected chi connectivity index (χ2v) is 6.20. The lowest BCUT2D eigenvalue weighted by atomic mass is 10.2. The van der Waals surface area contributed by atoms with Crippen molar-refractivity contribution in [2.75, 3.05) is 31.2 Å². The first-order valence-corrected chi connectivity index (χ1v) is 7.37. The third-order valence-electron chi connectivity index (χ3n) is 3.83. The summed E-state index contributed by atoms with van der Waals surface area (Å²) in [5, 5.41) is 3.37. The van der Waals surface area contributed by atoms with Crippen LogP contribution in [0.1, 0.15) is 19.8 Å². The van der Waals surface area contributed by atoms with E-state index in [0.29, 0.717) is 22.8 Å². The minimum absolute atomic E-state index is 0.0327. The van der Waals surface area contributed by atoms with Crippen molar-refractivity contribution in [3.8, 4) is 0 Å². The van der Waals surface area contributed by atoms with E-state index in [2.05, 4.69) is 24.2 Å². The van der Waals surface area contributed by atoms with Gasteiger partial charge >= 0.3 is 0 Å². The average molecular weight is 296 g/mol. The molecule has 0 aliphatic heterocycles. The van der Waals surface area contributed by atoms with Crippen LogP contribution in [0.2, 0.25) is 5.02 Å². The number of hydrogen-bond acceptors (Lipinski definition) is 3. The van der Waals surface area contributed by atoms with Gasteiger partial charge in [0.25, 0.3) is 0 Å². The number of carbonyl (C=O) groups is 1. The fourth-order valence-electron chi connectivity index (χ4n) is 2.29. The molecule has 2 unspecified atom stereocenters. The highest BCUT2D eigenvalue weighted by atomic mass is 35.5. The zero-order valence-electron chi connectivity index (χ0n) is 12.0. The van der Waals surface area contributed by atoms with Gasteiger partial charge in [-0.25, -0.2) is 0 Å². The summed E-state index contributed by atoms with van der Waals surface area (Å²) in [5.74, 6) is 1.62. The first-order chi connectivity index (χ1) is 9.45. The maximum atomic E-state index is 11.9. The van der Waals surface area contributed by atoms with Crippen LogP contribution in [0.3, 0.4) is 0 Å². The lowest BCUT2D eigenvalue weighted by molar-refractivity contribution is -0.116. The van der Waals surface area contributed by atoms with Crippen LogP contribution < -0.4 is 11.1 Å². The number of nitrogen functional groups attached to an aromatic ring is 1. The van der Waals surface area contributed by atoms with Crippen molar-refractivity contribution >= 4 is 28.9 Å². The van der Waals surface area contributed by atoms with E-state index in [1.54, 1.807) is 18.2 Å². The standard InChI is InChI=1S/C15H22ClN3O/c1-10-7-11(10)9-19(2)6-5-15(20)18-14-8-12(16)3-4-13(14)17/h3-4,8,10-11H,5-7,9,17H2,1-2H3,(H,18,20). The van der Waals surface area contributed by atoms with E-state index in [4.69, 9.17) is 17.3 Å². The van der Waals surface area contributed by atoms with E-state index in [1.807, 2.05) is 0 Å². The molecule has 1 aliphatic rings. The number of anilines is 2. The molecule has 1 aromatic carbocycles. The van der Waals surface area contributed by atoms with Crippen LogP contribution in [0.25, 0.3) is 0 Å². The highest BCUT2D eigenvalue weighted by Crippen LogP contribution is 2.37. The summed E-state index contributed by atoms with van der Waals surface area (Å²) in [6, 6.07) is 5.07. The molecule has 5 heteroatoms. The molecule has 0 radical (unpaired) electrons. The number of benzene rings is 1. The van der Waals surface area contributed by atoms with Crippen LogP contribution >= 0.6 is 11.6 Å². The van der Waals surface area contributed by atoms with E-state index in [0.717, 1.165) is 24.9 Å². The summed E-state index contributed by atoms with van der Waals surface area (Å²) >= 11 is 5.89. The maximum absolute atomic E-state index is 11.9. The molecule has 4 nitrogen and oxygen atoms in total. The Morgan fingerprint density at radius 3 is 2.90 bits per heavy atom. The summed E-state index contributed by atoms with van der Waals surface area (Å²) in [4.78, 5) is 14.1. The molecular formula is C15H22ClN3O. The Kier molecular flexibility index (Phi) is 4.89. The zero-order valence-corrected chi connectivity index (χ0v) is 12.8. The Balaban J connectivity index is 1.76. The van der Waals surface area contributed by atoms with Crippen molar-refractivity contribution in [3.63, 3.8) is 0 Å². The number of carbonyl (C=O) groups excluding carboxylic acids is 1. The molecule has 0 saturated heterocycles. The molecule has 2 atom stereocenters. The molecule has 0 bridgehead atoms. The summed E-state index contributed by atoms with van der Waals surface area (Å²) in [6.45, 7) is 4.11. The number of hydrogen-bond donors (Lipinski definition) is 2. The van der Waals surface area contributed by atoms with Gasteiger partial charge in [0.15, 0.2) is 0 Å². The maximum Gasteiger partial charge on any atom is 0.225 e. The van der Waals surface area contributed by atoms with Gasteiger partial charge in [-0.05, 0) is 43.5 Å². The predicted octanol–water partition coefficient (Wildman–Crippen LogP) is 2.84. The van der Waals surface area contributed by atoms with Crippen LogP contribution in [0.5, 0.6) is 0 Å². The molecule has 2 rings (SSSR count). The fourth-order valence-corrected chi connectivity index (χ4v) is 2.46. The Morgan fingerprint density at radius 1 is 1.55 bits per heavy atom. The third kappa shape index (κ3) is 4.39. The van der Waals surface area contributed by atoms with Gasteiger partial charge in [0.2, 0.25) is 5.91 Å². The van der Waals surface area contributed by atoms with E-state index in [-0.39, 0.29) is 5.91 Å². The minimum Gasteiger partial charge on any atom is -0.397 e. The summed E-state index contributed by atoms with van der Waals surface area (Å²) in [5.41, 5.74) is 6.91. The van der Waals surface area contributed by atoms with Gasteiger partial charge < -0.3 is 16.0 Å². The molecule has 3 N–H and O–H groups in total. The highest BCUT2D eigenvalue weighted by molar-refractivity contribution is 6.31. The normalized spacial score (nSPS) is 21.0. The van der Waals surface area contributed by atoms with Crippen LogP contribution in [0.4, 0.5) is 11.4 Å². The largest absolute Gasteiger partial charge is 0.397 e. The molecule has 1 aromatic rings. The number of halogens is 1. The van der Waals surface area contributed by atoms with Crippen LogP contribution in [0.15, 0.2) is 18.2 Å². The van der Waals surface area contributed by atoms with Crippen molar-refractivity contribution in [2.24, 2.45) is 11.8 Å². The quantitative estimate of drug-likeness (QED) is 0.794. The molecule has 0 heterocycles. The molecule has 110 valence electrons. The van der Waals surface area contributed by atoms with Gasteiger partial charge in [0.1, 0.15) is 0 Å². The second kappa shape index (κ2) is 6.46. The molecule has 1 aliphatic carbocycles. The third-order valence-corrected chi connectivity index (χ3v) is 4.07. The zero-order chi connectivity index (χ0) is 14.7. The molecule has 0 aromatic heterocycles. The van der Waals surface area contributed by atoms with Crippen molar-refractivity contribution in [1.82, 2.24) is 4.90 Å². The first-order valence-electron chi connectivity index (χ1n) is 6.99. The van der Waals surface area contributed by atoms with Gasteiger partial charge in [-0.3, -0.25) is 4.79 Å². The smallest absolute Gasteiger partial charge is 0.225 e. The van der Waals surface area contributed by atoms with Gasteiger partial charge in [0, 0.05) is 24.5 Å². The van der Waals surface area contributed by atoms with Gasteiger partial charge in [-0.2, -0.15) is 0 Å². The summed E-state index contributed by atoms with van der Waals surface area (Å²) in [7, 11) is 2.06. The van der Waals surface area contributed by atoms with E-state index >= 15 is 0 Å². The van der Waals surface area contributed by atoms with E-state index in [9.17, 15) is 4.79 Å². The fraction of sp³-hybridized carbons (Fsp3) is 0.533. The number of amides is 1. The molecule has 20 heavy (non-hydrogen) atoms. The summed E-state index contributed by atoms with van der Waals surface area (Å²) < 4.78 is 0. The van der Waals surface area contributed by atoms with Gasteiger partial charge in [0.05, 0.1) is 11.4 Å². The molecule has 1 fully saturated rings. The molecule has 1 saturated carbocycles. The van der Waals surface area contributed by atoms with Gasteiger partial charge in [-0.15, -0.1) is 0 Å². The van der Waals surface area contributed by atoms with E-state index in [1.165, 1.54) is 6.42 Å². The first kappa shape index (κ1) is 15.1. The number of rotatable bonds is 6. The van der Waals surface area contributed by atoms with Crippen LogP contribution in [-0.4, -0.2) is 30.9 Å². The van der Waals surface area contributed by atoms with E-state index < -0.39 is 0 Å². The Hall–Kier alpha value is -1.26.